The Balaban J connectivity index is 1.41. The number of aryl methyl sites for hydroxylation is 1. The molecule has 186 valence electrons. The van der Waals surface area contributed by atoms with E-state index >= 15 is 0 Å². The lowest BCUT2D eigenvalue weighted by Gasteiger charge is -2.36. The second-order valence-electron chi connectivity index (χ2n) is 9.24. The highest BCUT2D eigenvalue weighted by Crippen LogP contribution is 2.36. The number of halogens is 1. The normalized spacial score (nSPS) is 14.8. The van der Waals surface area contributed by atoms with Crippen molar-refractivity contribution in [3.63, 3.8) is 0 Å². The number of rotatable bonds is 7. The van der Waals surface area contributed by atoms with E-state index in [0.717, 1.165) is 23.4 Å². The quantitative estimate of drug-likeness (QED) is 0.338. The monoisotopic (exact) mass is 485 g/mol. The summed E-state index contributed by atoms with van der Waals surface area (Å²) in [5.41, 5.74) is 3.99. The van der Waals surface area contributed by atoms with E-state index in [0.29, 0.717) is 38.3 Å². The van der Waals surface area contributed by atoms with Gasteiger partial charge >= 0.3 is 0 Å². The predicted octanol–water partition coefficient (Wildman–Crippen LogP) is 5.68. The first-order chi connectivity index (χ1) is 17.6. The number of aromatic nitrogens is 1. The van der Waals surface area contributed by atoms with Crippen molar-refractivity contribution in [3.05, 3.63) is 95.9 Å². The van der Waals surface area contributed by atoms with Gasteiger partial charge in [-0.3, -0.25) is 4.79 Å². The van der Waals surface area contributed by atoms with Crippen LogP contribution >= 0.6 is 0 Å². The van der Waals surface area contributed by atoms with Crippen molar-refractivity contribution >= 4 is 22.5 Å². The van der Waals surface area contributed by atoms with Crippen LogP contribution in [0.15, 0.2) is 79.0 Å². The summed E-state index contributed by atoms with van der Waals surface area (Å²) in [5.74, 6) is 0.574. The minimum absolute atomic E-state index is 0.102. The predicted molar refractivity (Wildman–Crippen MR) is 142 cm³/mol. The molecule has 0 aliphatic carbocycles. The molecule has 3 aromatic carbocycles. The summed E-state index contributed by atoms with van der Waals surface area (Å²) in [6, 6.07) is 23.2. The molecule has 1 atom stereocenters. The van der Waals surface area contributed by atoms with Crippen molar-refractivity contribution in [2.24, 2.45) is 0 Å². The van der Waals surface area contributed by atoms with Crippen molar-refractivity contribution < 1.29 is 13.9 Å². The molecule has 0 unspecified atom stereocenters. The van der Waals surface area contributed by atoms with E-state index in [-0.39, 0.29) is 17.6 Å². The number of fused-ring (bicyclic) bond motifs is 1. The second-order valence-corrected chi connectivity index (χ2v) is 9.24. The van der Waals surface area contributed by atoms with Gasteiger partial charge in [0.05, 0.1) is 12.8 Å². The summed E-state index contributed by atoms with van der Waals surface area (Å²) in [7, 11) is 1.66. The fourth-order valence-electron chi connectivity index (χ4n) is 5.29. The van der Waals surface area contributed by atoms with Gasteiger partial charge in [0.25, 0.3) is 0 Å². The zero-order chi connectivity index (χ0) is 25.1. The maximum Gasteiger partial charge on any atom is 0.223 e. The Labute approximate surface area is 211 Å². The fourth-order valence-corrected chi connectivity index (χ4v) is 5.29. The van der Waals surface area contributed by atoms with Crippen LogP contribution in [0.1, 0.15) is 30.4 Å². The van der Waals surface area contributed by atoms with Crippen molar-refractivity contribution in [2.45, 2.75) is 25.8 Å². The highest BCUT2D eigenvalue weighted by molar-refractivity contribution is 5.87. The Hall–Kier alpha value is -3.80. The Kier molecular flexibility index (Phi) is 6.94. The third-order valence-corrected chi connectivity index (χ3v) is 7.24. The molecule has 1 amide bonds. The van der Waals surface area contributed by atoms with Crippen molar-refractivity contribution in [1.29, 1.82) is 0 Å². The van der Waals surface area contributed by atoms with Crippen LogP contribution in [0.25, 0.3) is 10.9 Å². The fraction of sp³-hybridized carbons (Fsp3) is 0.300. The van der Waals surface area contributed by atoms with Gasteiger partial charge in [0.15, 0.2) is 0 Å². The van der Waals surface area contributed by atoms with Gasteiger partial charge in [-0.2, -0.15) is 0 Å². The minimum atomic E-state index is -0.220. The van der Waals surface area contributed by atoms with Gasteiger partial charge in [-0.1, -0.05) is 42.5 Å². The minimum Gasteiger partial charge on any atom is -0.497 e. The molecule has 0 bridgehead atoms. The second kappa shape index (κ2) is 10.4. The molecule has 0 radical (unpaired) electrons. The van der Waals surface area contributed by atoms with Gasteiger partial charge < -0.3 is 19.1 Å². The molecule has 6 heteroatoms. The number of carbonyl (C=O) groups is 1. The lowest BCUT2D eigenvalue weighted by Crippen LogP contribution is -2.49. The molecule has 5 rings (SSSR count). The van der Waals surface area contributed by atoms with Crippen LogP contribution in [0.2, 0.25) is 0 Å². The first-order valence-corrected chi connectivity index (χ1v) is 12.6. The van der Waals surface area contributed by atoms with Gasteiger partial charge in [0.2, 0.25) is 5.91 Å². The molecule has 1 fully saturated rings. The molecule has 0 spiro atoms. The summed E-state index contributed by atoms with van der Waals surface area (Å²) in [4.78, 5) is 17.6. The highest BCUT2D eigenvalue weighted by Gasteiger charge is 2.28. The molecular formula is C30H32FN3O2. The summed E-state index contributed by atoms with van der Waals surface area (Å²) < 4.78 is 22.0. The molecule has 1 aromatic heterocycles. The van der Waals surface area contributed by atoms with Crippen LogP contribution in [-0.4, -0.2) is 48.7 Å². The number of hydrogen-bond acceptors (Lipinski definition) is 3. The maximum absolute atomic E-state index is 14.3. The van der Waals surface area contributed by atoms with Crippen LogP contribution in [0, 0.1) is 5.82 Å². The Bertz CT molecular complexity index is 1360. The van der Waals surface area contributed by atoms with Crippen LogP contribution in [0.3, 0.4) is 0 Å². The smallest absolute Gasteiger partial charge is 0.223 e. The molecule has 1 aliphatic rings. The number of anilines is 1. The van der Waals surface area contributed by atoms with Crippen LogP contribution in [-0.2, 0) is 11.3 Å². The summed E-state index contributed by atoms with van der Waals surface area (Å²) in [6.07, 6.45) is 2.56. The molecule has 1 saturated heterocycles. The maximum atomic E-state index is 14.3. The lowest BCUT2D eigenvalue weighted by molar-refractivity contribution is -0.131. The zero-order valence-electron chi connectivity index (χ0n) is 20.9. The number of ether oxygens (including phenoxy) is 1. The summed E-state index contributed by atoms with van der Waals surface area (Å²) in [6.45, 7) is 5.38. The first kappa shape index (κ1) is 23.9. The molecule has 36 heavy (non-hydrogen) atoms. The standard InChI is InChI=1S/C30H32FN3O2/c1-3-32-21-26(24-11-4-6-13-28(24)32)25(22-9-8-10-23(19-22)36-2)20-30(35)34-17-15-33(16-18-34)29-14-7-5-12-27(29)31/h4-14,19,21,25H,3,15-18,20H2,1-2H3/t25-/m0/s1. The van der Waals surface area contributed by atoms with Gasteiger partial charge in [-0.15, -0.1) is 0 Å². The average Bonchev–Trinajstić information content (AvgIpc) is 3.30. The number of carbonyl (C=O) groups excluding carboxylic acids is 1. The number of nitrogens with zero attached hydrogens (tertiary/aromatic N) is 3. The SMILES string of the molecule is CCn1cc([C@@H](CC(=O)N2CCN(c3ccccc3F)CC2)c2cccc(OC)c2)c2ccccc21. The van der Waals surface area contributed by atoms with Crippen LogP contribution in [0.5, 0.6) is 5.75 Å². The summed E-state index contributed by atoms with van der Waals surface area (Å²) in [5, 5.41) is 1.17. The molecule has 4 aromatic rings. The van der Waals surface area contributed by atoms with E-state index in [1.165, 1.54) is 17.0 Å². The number of piperazine rings is 1. The number of benzene rings is 3. The third kappa shape index (κ3) is 4.68. The van der Waals surface area contributed by atoms with E-state index in [9.17, 15) is 9.18 Å². The van der Waals surface area contributed by atoms with E-state index in [2.05, 4.69) is 48.0 Å². The van der Waals surface area contributed by atoms with Gasteiger partial charge in [-0.25, -0.2) is 4.39 Å². The Morgan fingerprint density at radius 2 is 1.72 bits per heavy atom. The Morgan fingerprint density at radius 3 is 2.47 bits per heavy atom. The zero-order valence-corrected chi connectivity index (χ0v) is 20.9. The number of hydrogen-bond donors (Lipinski definition) is 0. The van der Waals surface area contributed by atoms with E-state index in [1.807, 2.05) is 34.1 Å². The average molecular weight is 486 g/mol. The molecule has 1 aliphatic heterocycles. The molecule has 5 nitrogen and oxygen atoms in total. The third-order valence-electron chi connectivity index (χ3n) is 7.24. The van der Waals surface area contributed by atoms with E-state index < -0.39 is 0 Å². The van der Waals surface area contributed by atoms with Gasteiger partial charge in [0, 0.05) is 62.2 Å². The van der Waals surface area contributed by atoms with Crippen molar-refractivity contribution in [3.8, 4) is 5.75 Å². The molecule has 0 saturated carbocycles. The molecule has 0 N–H and O–H groups in total. The number of methoxy groups -OCH3 is 1. The number of para-hydroxylation sites is 2. The topological polar surface area (TPSA) is 37.7 Å². The van der Waals surface area contributed by atoms with Crippen LogP contribution < -0.4 is 9.64 Å². The van der Waals surface area contributed by atoms with E-state index in [4.69, 9.17) is 4.74 Å². The van der Waals surface area contributed by atoms with Gasteiger partial charge in [-0.05, 0) is 48.4 Å². The largest absolute Gasteiger partial charge is 0.497 e. The Morgan fingerprint density at radius 1 is 0.972 bits per heavy atom. The summed E-state index contributed by atoms with van der Waals surface area (Å²) >= 11 is 0. The van der Waals surface area contributed by atoms with E-state index in [1.54, 1.807) is 19.2 Å². The van der Waals surface area contributed by atoms with Crippen LogP contribution in [0.4, 0.5) is 10.1 Å². The lowest BCUT2D eigenvalue weighted by atomic mass is 9.87. The molecular weight excluding hydrogens is 453 g/mol. The first-order valence-electron chi connectivity index (χ1n) is 12.6. The van der Waals surface area contributed by atoms with Crippen molar-refractivity contribution in [1.82, 2.24) is 9.47 Å². The van der Waals surface area contributed by atoms with Gasteiger partial charge in [0.1, 0.15) is 11.6 Å². The molecule has 2 heterocycles. The number of amides is 1. The van der Waals surface area contributed by atoms with Crippen molar-refractivity contribution in [2.75, 3.05) is 38.2 Å². The highest BCUT2D eigenvalue weighted by atomic mass is 19.1.